The molecule has 1 atom stereocenters. The predicted octanol–water partition coefficient (Wildman–Crippen LogP) is 1.15. The zero-order valence-electron chi connectivity index (χ0n) is 13.1. The highest BCUT2D eigenvalue weighted by molar-refractivity contribution is 5.78. The second kappa shape index (κ2) is 8.77. The number of carbonyl (C=O) groups is 3. The van der Waals surface area contributed by atoms with E-state index < -0.39 is 0 Å². The highest BCUT2D eigenvalue weighted by Crippen LogP contribution is 2.29. The number of carbonyl (C=O) groups excluding carboxylic acids is 3. The molecule has 0 aromatic heterocycles. The largest absolute Gasteiger partial charge is 0.368 e. The van der Waals surface area contributed by atoms with E-state index in [4.69, 9.17) is 4.84 Å². The molecule has 6 heteroatoms. The second-order valence-corrected chi connectivity index (χ2v) is 6.06. The Balaban J connectivity index is 2.23. The molecule has 6 nitrogen and oxygen atoms in total. The van der Waals surface area contributed by atoms with Crippen molar-refractivity contribution in [3.05, 3.63) is 0 Å². The summed E-state index contributed by atoms with van der Waals surface area (Å²) >= 11 is 0. The third-order valence-electron chi connectivity index (χ3n) is 3.78. The van der Waals surface area contributed by atoms with Gasteiger partial charge in [-0.05, 0) is 31.6 Å². The Hall–Kier alpha value is -1.43. The van der Waals surface area contributed by atoms with Crippen molar-refractivity contribution in [1.82, 2.24) is 10.4 Å². The van der Waals surface area contributed by atoms with Gasteiger partial charge in [-0.25, -0.2) is 0 Å². The third kappa shape index (κ3) is 6.71. The van der Waals surface area contributed by atoms with Crippen molar-refractivity contribution in [3.8, 4) is 0 Å². The molecular formula is C15H26N2O4. The number of nitrogens with one attached hydrogen (secondary N) is 1. The van der Waals surface area contributed by atoms with Gasteiger partial charge in [-0.1, -0.05) is 6.92 Å². The number of hydroxylamine groups is 2. The maximum atomic E-state index is 11.8. The number of aldehydes is 1. The van der Waals surface area contributed by atoms with Gasteiger partial charge in [0, 0.05) is 33.0 Å². The van der Waals surface area contributed by atoms with E-state index in [2.05, 4.69) is 5.32 Å². The minimum absolute atomic E-state index is 0.0329. The van der Waals surface area contributed by atoms with Gasteiger partial charge in [0.15, 0.2) is 0 Å². The van der Waals surface area contributed by atoms with Crippen LogP contribution in [0, 0.1) is 17.8 Å². The minimum Gasteiger partial charge on any atom is -0.368 e. The maximum absolute atomic E-state index is 11.8. The van der Waals surface area contributed by atoms with E-state index in [9.17, 15) is 14.4 Å². The van der Waals surface area contributed by atoms with Gasteiger partial charge in [-0.15, -0.1) is 5.06 Å². The van der Waals surface area contributed by atoms with Crippen LogP contribution in [-0.2, 0) is 19.2 Å². The first-order valence-corrected chi connectivity index (χ1v) is 7.53. The Labute approximate surface area is 126 Å². The smallest absolute Gasteiger partial charge is 0.328 e. The van der Waals surface area contributed by atoms with E-state index in [1.54, 1.807) is 21.0 Å². The van der Waals surface area contributed by atoms with Crippen LogP contribution in [0.5, 0.6) is 0 Å². The van der Waals surface area contributed by atoms with Gasteiger partial charge in [0.2, 0.25) is 5.91 Å². The number of rotatable bonds is 7. The van der Waals surface area contributed by atoms with E-state index in [-0.39, 0.29) is 30.1 Å². The number of amides is 1. The molecule has 1 unspecified atom stereocenters. The van der Waals surface area contributed by atoms with Gasteiger partial charge in [-0.2, -0.15) is 0 Å². The summed E-state index contributed by atoms with van der Waals surface area (Å²) in [5.74, 6) is -0.106. The molecule has 0 spiro atoms. The van der Waals surface area contributed by atoms with Crippen LogP contribution in [-0.4, -0.2) is 43.9 Å². The highest BCUT2D eigenvalue weighted by atomic mass is 16.7. The SMILES string of the molecule is CC(C=O)CC(=O)NCC1CCC(C(=O)ON(C)C)CC1. The Bertz CT molecular complexity index is 363. The van der Waals surface area contributed by atoms with Crippen molar-refractivity contribution >= 4 is 18.2 Å². The molecule has 1 aliphatic rings. The standard InChI is InChI=1S/C15H26N2O4/c1-11(10-18)8-14(19)16-9-12-4-6-13(7-5-12)15(20)21-17(2)3/h10-13H,4-9H2,1-3H3,(H,16,19). The fourth-order valence-electron chi connectivity index (χ4n) is 2.53. The molecule has 0 saturated heterocycles. The first kappa shape index (κ1) is 17.6. The van der Waals surface area contributed by atoms with Crippen molar-refractivity contribution < 1.29 is 19.2 Å². The van der Waals surface area contributed by atoms with E-state index in [0.29, 0.717) is 12.5 Å². The van der Waals surface area contributed by atoms with Gasteiger partial charge in [-0.3, -0.25) is 9.59 Å². The fourth-order valence-corrected chi connectivity index (χ4v) is 2.53. The van der Waals surface area contributed by atoms with Crippen LogP contribution in [0.25, 0.3) is 0 Å². The summed E-state index contributed by atoms with van der Waals surface area (Å²) in [6.45, 7) is 2.36. The normalized spacial score (nSPS) is 23.4. The lowest BCUT2D eigenvalue weighted by molar-refractivity contribution is -0.185. The predicted molar refractivity (Wildman–Crippen MR) is 78.1 cm³/mol. The summed E-state index contributed by atoms with van der Waals surface area (Å²) in [5.41, 5.74) is 0. The summed E-state index contributed by atoms with van der Waals surface area (Å²) in [5, 5.41) is 4.29. The second-order valence-electron chi connectivity index (χ2n) is 6.06. The van der Waals surface area contributed by atoms with Crippen LogP contribution < -0.4 is 5.32 Å². The molecule has 0 aromatic carbocycles. The Morgan fingerprint density at radius 3 is 2.43 bits per heavy atom. The third-order valence-corrected chi connectivity index (χ3v) is 3.78. The van der Waals surface area contributed by atoms with Crippen molar-refractivity contribution in [2.45, 2.75) is 39.0 Å². The summed E-state index contributed by atoms with van der Waals surface area (Å²) in [6.07, 6.45) is 4.47. The summed E-state index contributed by atoms with van der Waals surface area (Å²) in [6, 6.07) is 0. The van der Waals surface area contributed by atoms with Crippen LogP contribution in [0.1, 0.15) is 39.0 Å². The van der Waals surface area contributed by atoms with Crippen LogP contribution >= 0.6 is 0 Å². The monoisotopic (exact) mass is 298 g/mol. The van der Waals surface area contributed by atoms with E-state index in [1.807, 2.05) is 0 Å². The van der Waals surface area contributed by atoms with Crippen molar-refractivity contribution in [3.63, 3.8) is 0 Å². The van der Waals surface area contributed by atoms with Gasteiger partial charge in [0.1, 0.15) is 6.29 Å². The van der Waals surface area contributed by atoms with E-state index in [0.717, 1.165) is 32.0 Å². The first-order valence-electron chi connectivity index (χ1n) is 7.53. The van der Waals surface area contributed by atoms with Crippen LogP contribution in [0.4, 0.5) is 0 Å². The molecular weight excluding hydrogens is 272 g/mol. The van der Waals surface area contributed by atoms with Crippen molar-refractivity contribution in [1.29, 1.82) is 0 Å². The maximum Gasteiger partial charge on any atom is 0.328 e. The van der Waals surface area contributed by atoms with Crippen molar-refractivity contribution in [2.75, 3.05) is 20.6 Å². The number of nitrogens with zero attached hydrogens (tertiary/aromatic N) is 1. The minimum atomic E-state index is -0.235. The molecule has 1 amide bonds. The van der Waals surface area contributed by atoms with Crippen molar-refractivity contribution in [2.24, 2.45) is 17.8 Å². The molecule has 1 fully saturated rings. The molecule has 0 heterocycles. The summed E-state index contributed by atoms with van der Waals surface area (Å²) in [7, 11) is 3.39. The van der Waals surface area contributed by atoms with Gasteiger partial charge in [0.05, 0.1) is 5.92 Å². The molecule has 120 valence electrons. The Kier molecular flexibility index (Phi) is 7.36. The van der Waals surface area contributed by atoms with Crippen LogP contribution in [0.15, 0.2) is 0 Å². The molecule has 0 aliphatic heterocycles. The molecule has 1 N–H and O–H groups in total. The van der Waals surface area contributed by atoms with E-state index in [1.165, 1.54) is 5.06 Å². The summed E-state index contributed by atoms with van der Waals surface area (Å²) in [4.78, 5) is 38.9. The molecule has 1 aliphatic carbocycles. The number of hydrogen-bond donors (Lipinski definition) is 1. The lowest BCUT2D eigenvalue weighted by atomic mass is 9.82. The number of hydrogen-bond acceptors (Lipinski definition) is 5. The Morgan fingerprint density at radius 1 is 1.29 bits per heavy atom. The molecule has 0 radical (unpaired) electrons. The van der Waals surface area contributed by atoms with Crippen LogP contribution in [0.2, 0.25) is 0 Å². The van der Waals surface area contributed by atoms with Crippen LogP contribution in [0.3, 0.4) is 0 Å². The fraction of sp³-hybridized carbons (Fsp3) is 0.800. The molecule has 21 heavy (non-hydrogen) atoms. The average molecular weight is 298 g/mol. The lowest BCUT2D eigenvalue weighted by Gasteiger charge is -2.27. The van der Waals surface area contributed by atoms with Gasteiger partial charge < -0.3 is 14.9 Å². The van der Waals surface area contributed by atoms with Gasteiger partial charge >= 0.3 is 5.97 Å². The molecule has 1 saturated carbocycles. The average Bonchev–Trinajstić information content (AvgIpc) is 2.44. The summed E-state index contributed by atoms with van der Waals surface area (Å²) < 4.78 is 0. The lowest BCUT2D eigenvalue weighted by Crippen LogP contribution is -2.34. The topological polar surface area (TPSA) is 75.7 Å². The molecule has 0 aromatic rings. The van der Waals surface area contributed by atoms with Gasteiger partial charge in [0.25, 0.3) is 0 Å². The van der Waals surface area contributed by atoms with E-state index >= 15 is 0 Å². The molecule has 0 bridgehead atoms. The first-order chi connectivity index (χ1) is 9.92. The zero-order valence-corrected chi connectivity index (χ0v) is 13.1. The molecule has 1 rings (SSSR count). The highest BCUT2D eigenvalue weighted by Gasteiger charge is 2.28. The quantitative estimate of drug-likeness (QED) is 0.564. The Morgan fingerprint density at radius 2 is 1.90 bits per heavy atom. The zero-order chi connectivity index (χ0) is 15.8.